The van der Waals surface area contributed by atoms with Crippen LogP contribution in [-0.4, -0.2) is 12.1 Å². The molecule has 3 aromatic rings. The molecule has 2 N–H and O–H groups in total. The van der Waals surface area contributed by atoms with Crippen LogP contribution in [-0.2, 0) is 6.42 Å². The maximum atomic E-state index is 5.72. The molecule has 3 nitrogen and oxygen atoms in total. The quantitative estimate of drug-likeness (QED) is 0.731. The topological polar surface area (TPSA) is 48.1 Å². The maximum Gasteiger partial charge on any atom is 0.118 e. The Bertz CT molecular complexity index is 761. The zero-order chi connectivity index (χ0) is 15.5. The number of aryl methyl sites for hydroxylation is 1. The lowest BCUT2D eigenvalue weighted by Gasteiger charge is -2.02. The molecule has 0 radical (unpaired) electrons. The van der Waals surface area contributed by atoms with E-state index < -0.39 is 0 Å². The summed E-state index contributed by atoms with van der Waals surface area (Å²) in [5.41, 5.74) is 9.92. The largest absolute Gasteiger partial charge is 0.497 e. The van der Waals surface area contributed by atoms with E-state index in [1.807, 2.05) is 36.4 Å². The minimum absolute atomic E-state index is 0.790. The van der Waals surface area contributed by atoms with E-state index in [1.165, 1.54) is 10.4 Å². The zero-order valence-electron chi connectivity index (χ0n) is 12.7. The van der Waals surface area contributed by atoms with Gasteiger partial charge in [-0.1, -0.05) is 12.1 Å². The van der Waals surface area contributed by atoms with Gasteiger partial charge in [0.05, 0.1) is 17.8 Å². The number of ether oxygens (including phenoxy) is 1. The first-order valence-electron chi connectivity index (χ1n) is 7.11. The van der Waals surface area contributed by atoms with Gasteiger partial charge in [-0.15, -0.1) is 11.3 Å². The highest BCUT2D eigenvalue weighted by Crippen LogP contribution is 2.29. The number of hydrogen-bond acceptors (Lipinski definition) is 4. The highest BCUT2D eigenvalue weighted by atomic mass is 32.1. The number of rotatable bonds is 4. The van der Waals surface area contributed by atoms with Crippen LogP contribution >= 0.6 is 11.3 Å². The van der Waals surface area contributed by atoms with Gasteiger partial charge in [0, 0.05) is 22.5 Å². The Morgan fingerprint density at radius 3 is 2.36 bits per heavy atom. The molecule has 0 saturated carbocycles. The Kier molecular flexibility index (Phi) is 4.11. The van der Waals surface area contributed by atoms with Crippen LogP contribution in [0.5, 0.6) is 5.75 Å². The number of nitrogen functional groups attached to an aromatic ring is 1. The third-order valence-electron chi connectivity index (χ3n) is 3.54. The minimum atomic E-state index is 0.790. The number of anilines is 1. The van der Waals surface area contributed by atoms with Crippen molar-refractivity contribution in [3.05, 3.63) is 64.0 Å². The number of hydrogen-bond donors (Lipinski definition) is 1. The molecule has 4 heteroatoms. The first-order valence-corrected chi connectivity index (χ1v) is 7.92. The monoisotopic (exact) mass is 310 g/mol. The van der Waals surface area contributed by atoms with E-state index in [4.69, 9.17) is 15.5 Å². The fourth-order valence-electron chi connectivity index (χ4n) is 2.35. The predicted molar refractivity (Wildman–Crippen MR) is 92.5 cm³/mol. The third kappa shape index (κ3) is 3.12. The molecule has 1 heterocycles. The van der Waals surface area contributed by atoms with Crippen LogP contribution in [0.2, 0.25) is 0 Å². The Morgan fingerprint density at radius 1 is 1.05 bits per heavy atom. The van der Waals surface area contributed by atoms with E-state index in [0.29, 0.717) is 0 Å². The van der Waals surface area contributed by atoms with Crippen molar-refractivity contribution in [2.45, 2.75) is 13.3 Å². The smallest absolute Gasteiger partial charge is 0.118 e. The summed E-state index contributed by atoms with van der Waals surface area (Å²) >= 11 is 1.74. The number of benzene rings is 2. The molecular formula is C18H18N2OS. The number of aromatic nitrogens is 1. The van der Waals surface area contributed by atoms with Gasteiger partial charge in [-0.25, -0.2) is 4.98 Å². The summed E-state index contributed by atoms with van der Waals surface area (Å²) in [6.45, 7) is 2.11. The minimum Gasteiger partial charge on any atom is -0.497 e. The van der Waals surface area contributed by atoms with Crippen LogP contribution < -0.4 is 10.5 Å². The number of thiazole rings is 1. The third-order valence-corrected chi connectivity index (χ3v) is 4.51. The first-order chi connectivity index (χ1) is 10.7. The SMILES string of the molecule is COc1ccc(-c2nc(Cc3ccc(N)cc3)sc2C)cc1. The van der Waals surface area contributed by atoms with Crippen LogP contribution in [0.3, 0.4) is 0 Å². The fraction of sp³-hybridized carbons (Fsp3) is 0.167. The van der Waals surface area contributed by atoms with Crippen molar-refractivity contribution in [2.75, 3.05) is 12.8 Å². The van der Waals surface area contributed by atoms with E-state index in [9.17, 15) is 0 Å². The average molecular weight is 310 g/mol. The van der Waals surface area contributed by atoms with E-state index in [1.54, 1.807) is 18.4 Å². The molecule has 0 unspecified atom stereocenters. The van der Waals surface area contributed by atoms with Crippen LogP contribution in [0.1, 0.15) is 15.4 Å². The van der Waals surface area contributed by atoms with Gasteiger partial charge in [-0.3, -0.25) is 0 Å². The Labute approximate surface area is 134 Å². The molecule has 0 saturated heterocycles. The van der Waals surface area contributed by atoms with Crippen molar-refractivity contribution in [3.63, 3.8) is 0 Å². The highest BCUT2D eigenvalue weighted by Gasteiger charge is 2.10. The van der Waals surface area contributed by atoms with E-state index >= 15 is 0 Å². The number of nitrogens with two attached hydrogens (primary N) is 1. The number of methoxy groups -OCH3 is 1. The fourth-order valence-corrected chi connectivity index (χ4v) is 3.34. The van der Waals surface area contributed by atoms with Crippen molar-refractivity contribution in [2.24, 2.45) is 0 Å². The lowest BCUT2D eigenvalue weighted by molar-refractivity contribution is 0.415. The van der Waals surface area contributed by atoms with Crippen LogP contribution in [0, 0.1) is 6.92 Å². The van der Waals surface area contributed by atoms with E-state index in [2.05, 4.69) is 19.1 Å². The molecule has 112 valence electrons. The average Bonchev–Trinajstić information content (AvgIpc) is 2.90. The van der Waals surface area contributed by atoms with E-state index in [0.717, 1.165) is 34.1 Å². The standard InChI is InChI=1S/C18H18N2OS/c1-12-18(14-5-9-16(21-2)10-6-14)20-17(22-12)11-13-3-7-15(19)8-4-13/h3-10H,11,19H2,1-2H3. The molecule has 0 aliphatic heterocycles. The summed E-state index contributed by atoms with van der Waals surface area (Å²) in [4.78, 5) is 6.03. The second-order valence-electron chi connectivity index (χ2n) is 5.16. The molecule has 0 spiro atoms. The van der Waals surface area contributed by atoms with Gasteiger partial charge in [-0.05, 0) is 48.9 Å². The number of nitrogens with zero attached hydrogens (tertiary/aromatic N) is 1. The van der Waals surface area contributed by atoms with E-state index in [-0.39, 0.29) is 0 Å². The second kappa shape index (κ2) is 6.20. The van der Waals surface area contributed by atoms with Crippen molar-refractivity contribution >= 4 is 17.0 Å². The summed E-state index contributed by atoms with van der Waals surface area (Å²) in [6.07, 6.45) is 0.835. The van der Waals surface area contributed by atoms with Gasteiger partial charge in [-0.2, -0.15) is 0 Å². The first kappa shape index (κ1) is 14.6. The maximum absolute atomic E-state index is 5.72. The molecule has 3 rings (SSSR count). The summed E-state index contributed by atoms with van der Waals surface area (Å²) in [6, 6.07) is 16.0. The molecule has 0 amide bonds. The molecule has 0 aliphatic carbocycles. The van der Waals surface area contributed by atoms with Gasteiger partial charge >= 0.3 is 0 Å². The Hall–Kier alpha value is -2.33. The Balaban J connectivity index is 1.85. The van der Waals surface area contributed by atoms with Crippen LogP contribution in [0.4, 0.5) is 5.69 Å². The lowest BCUT2D eigenvalue weighted by atomic mass is 10.1. The molecule has 22 heavy (non-hydrogen) atoms. The summed E-state index contributed by atoms with van der Waals surface area (Å²) < 4.78 is 5.20. The zero-order valence-corrected chi connectivity index (χ0v) is 13.5. The molecular weight excluding hydrogens is 292 g/mol. The second-order valence-corrected chi connectivity index (χ2v) is 6.45. The van der Waals surface area contributed by atoms with Gasteiger partial charge < -0.3 is 10.5 Å². The molecule has 2 aromatic carbocycles. The van der Waals surface area contributed by atoms with Gasteiger partial charge in [0.15, 0.2) is 0 Å². The molecule has 0 atom stereocenters. The normalized spacial score (nSPS) is 10.6. The van der Waals surface area contributed by atoms with Crippen LogP contribution in [0.25, 0.3) is 11.3 Å². The molecule has 0 bridgehead atoms. The van der Waals surface area contributed by atoms with Crippen molar-refractivity contribution < 1.29 is 4.74 Å². The highest BCUT2D eigenvalue weighted by molar-refractivity contribution is 7.12. The van der Waals surface area contributed by atoms with Crippen molar-refractivity contribution in [3.8, 4) is 17.0 Å². The molecule has 0 aliphatic rings. The Morgan fingerprint density at radius 2 is 1.73 bits per heavy atom. The van der Waals surface area contributed by atoms with Crippen LogP contribution in [0.15, 0.2) is 48.5 Å². The van der Waals surface area contributed by atoms with Gasteiger partial charge in [0.25, 0.3) is 0 Å². The summed E-state index contributed by atoms with van der Waals surface area (Å²) in [5, 5.41) is 1.12. The predicted octanol–water partition coefficient (Wildman–Crippen LogP) is 4.30. The molecule has 1 aromatic heterocycles. The molecule has 0 fully saturated rings. The van der Waals surface area contributed by atoms with Crippen molar-refractivity contribution in [1.29, 1.82) is 0 Å². The van der Waals surface area contributed by atoms with Gasteiger partial charge in [0.2, 0.25) is 0 Å². The lowest BCUT2D eigenvalue weighted by Crippen LogP contribution is -1.89. The summed E-state index contributed by atoms with van der Waals surface area (Å²) in [7, 11) is 1.67. The van der Waals surface area contributed by atoms with Gasteiger partial charge in [0.1, 0.15) is 5.75 Å². The summed E-state index contributed by atoms with van der Waals surface area (Å²) in [5.74, 6) is 0.860. The van der Waals surface area contributed by atoms with Crippen molar-refractivity contribution in [1.82, 2.24) is 4.98 Å².